The van der Waals surface area contributed by atoms with Crippen molar-refractivity contribution in [3.05, 3.63) is 24.3 Å². The Kier molecular flexibility index (Phi) is 3.57. The van der Waals surface area contributed by atoms with Gasteiger partial charge in [0.25, 0.3) is 0 Å². The minimum Gasteiger partial charge on any atom is -0.378 e. The molecule has 1 aliphatic rings. The molecule has 1 fully saturated rings. The van der Waals surface area contributed by atoms with Crippen molar-refractivity contribution in [2.45, 2.75) is 19.3 Å². The lowest BCUT2D eigenvalue weighted by Gasteiger charge is -2.39. The van der Waals surface area contributed by atoms with Gasteiger partial charge < -0.3 is 16.0 Å². The molecule has 0 aromatic heterocycles. The van der Waals surface area contributed by atoms with Crippen LogP contribution in [0.1, 0.15) is 19.3 Å². The topological polar surface area (TPSA) is 58.4 Å². The fourth-order valence-electron chi connectivity index (χ4n) is 2.25. The highest BCUT2D eigenvalue weighted by molar-refractivity contribution is 5.96. The third-order valence-corrected chi connectivity index (χ3v) is 3.80. The smallest absolute Gasteiger partial charge is 0.231 e. The van der Waals surface area contributed by atoms with E-state index in [-0.39, 0.29) is 11.3 Å². The average Bonchev–Trinajstić information content (AvgIpc) is 2.28. The number of carbonyl (C=O) groups excluding carboxylic acids is 1. The normalized spacial score (nSPS) is 16.8. The summed E-state index contributed by atoms with van der Waals surface area (Å²) in [7, 11) is 3.96. The minimum atomic E-state index is -0.325. The number of hydrogen-bond acceptors (Lipinski definition) is 3. The molecule has 0 spiro atoms. The number of nitrogens with zero attached hydrogens (tertiary/aromatic N) is 1. The second kappa shape index (κ2) is 4.98. The van der Waals surface area contributed by atoms with Crippen LogP contribution < -0.4 is 16.0 Å². The van der Waals surface area contributed by atoms with Crippen LogP contribution in [0.4, 0.5) is 11.4 Å². The summed E-state index contributed by atoms with van der Waals surface area (Å²) in [5, 5.41) is 2.99. The van der Waals surface area contributed by atoms with E-state index >= 15 is 0 Å². The number of hydrogen-bond donors (Lipinski definition) is 2. The van der Waals surface area contributed by atoms with Crippen molar-refractivity contribution < 1.29 is 4.79 Å². The van der Waals surface area contributed by atoms with Crippen LogP contribution >= 0.6 is 0 Å². The van der Waals surface area contributed by atoms with Crippen molar-refractivity contribution >= 4 is 17.3 Å². The summed E-state index contributed by atoms with van der Waals surface area (Å²) in [4.78, 5) is 14.2. The molecule has 1 aliphatic carbocycles. The van der Waals surface area contributed by atoms with Gasteiger partial charge in [-0.25, -0.2) is 0 Å². The molecule has 1 amide bonds. The maximum absolute atomic E-state index is 12.2. The van der Waals surface area contributed by atoms with E-state index in [2.05, 4.69) is 5.32 Å². The highest BCUT2D eigenvalue weighted by Gasteiger charge is 2.42. The van der Waals surface area contributed by atoms with E-state index in [9.17, 15) is 4.79 Å². The van der Waals surface area contributed by atoms with Crippen molar-refractivity contribution in [3.63, 3.8) is 0 Å². The van der Waals surface area contributed by atoms with Gasteiger partial charge in [-0.15, -0.1) is 0 Å². The molecule has 0 bridgehead atoms. The van der Waals surface area contributed by atoms with Crippen molar-refractivity contribution in [2.24, 2.45) is 11.1 Å². The fourth-order valence-corrected chi connectivity index (χ4v) is 2.25. The Morgan fingerprint density at radius 2 is 2.17 bits per heavy atom. The van der Waals surface area contributed by atoms with E-state index in [4.69, 9.17) is 5.73 Å². The first-order valence-corrected chi connectivity index (χ1v) is 6.36. The first-order chi connectivity index (χ1) is 8.57. The molecule has 4 heteroatoms. The van der Waals surface area contributed by atoms with E-state index in [0.29, 0.717) is 6.54 Å². The molecule has 0 aliphatic heterocycles. The minimum absolute atomic E-state index is 0.0622. The zero-order valence-corrected chi connectivity index (χ0v) is 11.1. The van der Waals surface area contributed by atoms with E-state index in [1.165, 1.54) is 0 Å². The van der Waals surface area contributed by atoms with Gasteiger partial charge in [0.15, 0.2) is 0 Å². The highest BCUT2D eigenvalue weighted by atomic mass is 16.2. The Morgan fingerprint density at radius 1 is 1.44 bits per heavy atom. The first-order valence-electron chi connectivity index (χ1n) is 6.36. The summed E-state index contributed by atoms with van der Waals surface area (Å²) in [6.45, 7) is 0.437. The molecule has 4 nitrogen and oxygen atoms in total. The SMILES string of the molecule is CN(C)c1cccc(NC(=O)C2(CN)CCC2)c1. The van der Waals surface area contributed by atoms with Crippen LogP contribution in [0.2, 0.25) is 0 Å². The van der Waals surface area contributed by atoms with E-state index in [1.807, 2.05) is 43.3 Å². The lowest BCUT2D eigenvalue weighted by atomic mass is 9.68. The molecule has 1 aromatic rings. The molecule has 0 heterocycles. The number of rotatable bonds is 4. The van der Waals surface area contributed by atoms with Gasteiger partial charge in [-0.3, -0.25) is 4.79 Å². The molecule has 0 saturated heterocycles. The molecule has 0 radical (unpaired) electrons. The van der Waals surface area contributed by atoms with Crippen LogP contribution in [0, 0.1) is 5.41 Å². The zero-order chi connectivity index (χ0) is 13.2. The lowest BCUT2D eigenvalue weighted by molar-refractivity contribution is -0.129. The Bertz CT molecular complexity index is 433. The molecule has 1 aromatic carbocycles. The number of benzene rings is 1. The lowest BCUT2D eigenvalue weighted by Crippen LogP contribution is -2.47. The quantitative estimate of drug-likeness (QED) is 0.853. The summed E-state index contributed by atoms with van der Waals surface area (Å²) < 4.78 is 0. The zero-order valence-electron chi connectivity index (χ0n) is 11.1. The molecule has 2 rings (SSSR count). The van der Waals surface area contributed by atoms with Crippen molar-refractivity contribution in [2.75, 3.05) is 30.9 Å². The number of anilines is 2. The fraction of sp³-hybridized carbons (Fsp3) is 0.500. The molecule has 98 valence electrons. The Labute approximate surface area is 108 Å². The number of nitrogens with one attached hydrogen (secondary N) is 1. The standard InChI is InChI=1S/C14H21N3O/c1-17(2)12-6-3-5-11(9-12)16-13(18)14(10-15)7-4-8-14/h3,5-6,9H,4,7-8,10,15H2,1-2H3,(H,16,18). The maximum atomic E-state index is 12.2. The molecule has 1 saturated carbocycles. The largest absolute Gasteiger partial charge is 0.378 e. The van der Waals surface area contributed by atoms with Gasteiger partial charge in [-0.1, -0.05) is 12.5 Å². The summed E-state index contributed by atoms with van der Waals surface area (Å²) in [5.41, 5.74) is 7.32. The second-order valence-electron chi connectivity index (χ2n) is 5.24. The number of carbonyl (C=O) groups is 1. The van der Waals surface area contributed by atoms with E-state index < -0.39 is 0 Å². The van der Waals surface area contributed by atoms with Gasteiger partial charge in [-0.05, 0) is 31.0 Å². The Balaban J connectivity index is 2.09. The predicted molar refractivity (Wildman–Crippen MR) is 74.7 cm³/mol. The third kappa shape index (κ3) is 2.34. The van der Waals surface area contributed by atoms with E-state index in [0.717, 1.165) is 30.6 Å². The molecule has 3 N–H and O–H groups in total. The summed E-state index contributed by atoms with van der Waals surface area (Å²) in [6.07, 6.45) is 2.91. The second-order valence-corrected chi connectivity index (χ2v) is 5.24. The van der Waals surface area contributed by atoms with Crippen LogP contribution in [0.15, 0.2) is 24.3 Å². The first kappa shape index (κ1) is 12.9. The van der Waals surface area contributed by atoms with Gasteiger partial charge in [0, 0.05) is 32.0 Å². The molecule has 0 atom stereocenters. The van der Waals surface area contributed by atoms with Crippen molar-refractivity contribution in [1.29, 1.82) is 0 Å². The van der Waals surface area contributed by atoms with Gasteiger partial charge in [0.05, 0.1) is 5.41 Å². The Hall–Kier alpha value is -1.55. The van der Waals surface area contributed by atoms with Crippen molar-refractivity contribution in [3.8, 4) is 0 Å². The van der Waals surface area contributed by atoms with Gasteiger partial charge in [0.2, 0.25) is 5.91 Å². The number of amides is 1. The monoisotopic (exact) mass is 247 g/mol. The molecular weight excluding hydrogens is 226 g/mol. The van der Waals surface area contributed by atoms with Crippen LogP contribution in [0.25, 0.3) is 0 Å². The van der Waals surface area contributed by atoms with Crippen molar-refractivity contribution in [1.82, 2.24) is 0 Å². The average molecular weight is 247 g/mol. The number of nitrogens with two attached hydrogens (primary N) is 1. The highest BCUT2D eigenvalue weighted by Crippen LogP contribution is 2.40. The van der Waals surface area contributed by atoms with Crippen LogP contribution in [-0.4, -0.2) is 26.5 Å². The van der Waals surface area contributed by atoms with E-state index in [1.54, 1.807) is 0 Å². The van der Waals surface area contributed by atoms with Crippen LogP contribution in [0.3, 0.4) is 0 Å². The summed E-state index contributed by atoms with van der Waals surface area (Å²) >= 11 is 0. The summed E-state index contributed by atoms with van der Waals surface area (Å²) in [6, 6.07) is 7.84. The summed E-state index contributed by atoms with van der Waals surface area (Å²) in [5.74, 6) is 0.0622. The molecule has 0 unspecified atom stereocenters. The Morgan fingerprint density at radius 3 is 2.67 bits per heavy atom. The van der Waals surface area contributed by atoms with Gasteiger partial charge in [-0.2, -0.15) is 0 Å². The van der Waals surface area contributed by atoms with Gasteiger partial charge in [0.1, 0.15) is 0 Å². The predicted octanol–water partition coefficient (Wildman–Crippen LogP) is 1.82. The molecular formula is C14H21N3O. The van der Waals surface area contributed by atoms with Crippen LogP contribution in [-0.2, 0) is 4.79 Å². The molecule has 18 heavy (non-hydrogen) atoms. The maximum Gasteiger partial charge on any atom is 0.231 e. The third-order valence-electron chi connectivity index (χ3n) is 3.80. The van der Waals surface area contributed by atoms with Gasteiger partial charge >= 0.3 is 0 Å². The van der Waals surface area contributed by atoms with Crippen LogP contribution in [0.5, 0.6) is 0 Å².